The predicted octanol–water partition coefficient (Wildman–Crippen LogP) is 6.17. The van der Waals surface area contributed by atoms with Crippen molar-refractivity contribution in [3.63, 3.8) is 0 Å². The fourth-order valence-corrected chi connectivity index (χ4v) is 5.50. The van der Waals surface area contributed by atoms with Crippen LogP contribution in [0.15, 0.2) is 58.9 Å². The van der Waals surface area contributed by atoms with Gasteiger partial charge >= 0.3 is 0 Å². The van der Waals surface area contributed by atoms with Crippen LogP contribution in [0.25, 0.3) is 0 Å². The lowest BCUT2D eigenvalue weighted by Crippen LogP contribution is -2.36. The summed E-state index contributed by atoms with van der Waals surface area (Å²) in [5.41, 5.74) is 2.79. The third kappa shape index (κ3) is 5.09. The minimum Gasteiger partial charge on any atom is -0.490 e. The highest BCUT2D eigenvalue weighted by molar-refractivity contribution is 7.99. The molecule has 0 amide bonds. The van der Waals surface area contributed by atoms with Gasteiger partial charge in [-0.2, -0.15) is 4.98 Å². The molecule has 2 aromatic carbocycles. The number of benzene rings is 2. The molecule has 1 aliphatic carbocycles. The van der Waals surface area contributed by atoms with Gasteiger partial charge in [-0.15, -0.1) is 5.10 Å². The molecule has 2 heterocycles. The van der Waals surface area contributed by atoms with Crippen LogP contribution in [0.3, 0.4) is 0 Å². The van der Waals surface area contributed by atoms with E-state index in [9.17, 15) is 9.18 Å². The van der Waals surface area contributed by atoms with Gasteiger partial charge in [-0.25, -0.2) is 9.07 Å². The van der Waals surface area contributed by atoms with Crippen LogP contribution in [0.1, 0.15) is 57.7 Å². The zero-order valence-electron chi connectivity index (χ0n) is 21.5. The Balaban J connectivity index is 1.55. The van der Waals surface area contributed by atoms with Gasteiger partial charge in [0.05, 0.1) is 6.61 Å². The highest BCUT2D eigenvalue weighted by atomic mass is 32.2. The summed E-state index contributed by atoms with van der Waals surface area (Å²) >= 11 is 1.56. The smallest absolute Gasteiger partial charge is 0.227 e. The molecule has 0 bridgehead atoms. The van der Waals surface area contributed by atoms with Crippen LogP contribution in [0.4, 0.5) is 10.3 Å². The molecule has 194 valence electrons. The van der Waals surface area contributed by atoms with Crippen LogP contribution in [0.2, 0.25) is 0 Å². The highest BCUT2D eigenvalue weighted by Gasteiger charge is 2.42. The Labute approximate surface area is 220 Å². The van der Waals surface area contributed by atoms with E-state index in [1.165, 1.54) is 6.07 Å². The van der Waals surface area contributed by atoms with E-state index >= 15 is 0 Å². The van der Waals surface area contributed by atoms with E-state index in [1.54, 1.807) is 34.6 Å². The molecule has 0 saturated carbocycles. The quantitative estimate of drug-likeness (QED) is 0.355. The molecule has 5 rings (SSSR count). The molecule has 37 heavy (non-hydrogen) atoms. The van der Waals surface area contributed by atoms with Crippen LogP contribution < -0.4 is 14.8 Å². The number of thioether (sulfide) groups is 1. The first kappa shape index (κ1) is 25.3. The normalized spacial score (nSPS) is 18.2. The van der Waals surface area contributed by atoms with Crippen molar-refractivity contribution >= 4 is 23.5 Å². The van der Waals surface area contributed by atoms with Gasteiger partial charge in [-0.3, -0.25) is 4.79 Å². The fraction of sp³-hybridized carbons (Fsp3) is 0.393. The number of nitrogens with zero attached hydrogens (tertiary/aromatic N) is 3. The molecule has 1 unspecified atom stereocenters. The molecule has 1 N–H and O–H groups in total. The Kier molecular flexibility index (Phi) is 6.98. The maximum absolute atomic E-state index is 14.1. The van der Waals surface area contributed by atoms with Gasteiger partial charge in [-0.05, 0) is 48.3 Å². The lowest BCUT2D eigenvalue weighted by molar-refractivity contribution is -0.118. The van der Waals surface area contributed by atoms with Gasteiger partial charge in [-0.1, -0.05) is 56.8 Å². The van der Waals surface area contributed by atoms with Gasteiger partial charge in [0.1, 0.15) is 18.5 Å². The van der Waals surface area contributed by atoms with E-state index in [0.717, 1.165) is 23.4 Å². The molecule has 1 aliphatic heterocycles. The molecular formula is C28H31FN4O3S. The summed E-state index contributed by atoms with van der Waals surface area (Å²) in [6.45, 7) is 8.68. The Morgan fingerprint density at radius 3 is 2.70 bits per heavy atom. The number of hydrogen-bond donors (Lipinski definition) is 1. The maximum atomic E-state index is 14.1. The average molecular weight is 523 g/mol. The van der Waals surface area contributed by atoms with Crippen LogP contribution >= 0.6 is 11.8 Å². The molecule has 0 radical (unpaired) electrons. The van der Waals surface area contributed by atoms with Crippen molar-refractivity contribution in [2.75, 3.05) is 17.7 Å². The summed E-state index contributed by atoms with van der Waals surface area (Å²) in [6, 6.07) is 11.7. The maximum Gasteiger partial charge on any atom is 0.227 e. The van der Waals surface area contributed by atoms with E-state index < -0.39 is 6.04 Å². The molecule has 0 spiro atoms. The molecule has 3 aromatic rings. The number of aromatic nitrogens is 3. The number of carbonyl (C=O) groups excluding carboxylic acids is 1. The second-order valence-electron chi connectivity index (χ2n) is 9.98. The molecule has 9 heteroatoms. The van der Waals surface area contributed by atoms with Crippen molar-refractivity contribution in [1.29, 1.82) is 0 Å². The number of fused-ring (bicyclic) bond motifs is 1. The summed E-state index contributed by atoms with van der Waals surface area (Å²) in [4.78, 5) is 18.2. The lowest BCUT2D eigenvalue weighted by Gasteiger charge is -2.38. The number of ether oxygens (including phenoxy) is 2. The first-order chi connectivity index (χ1) is 17.8. The van der Waals surface area contributed by atoms with Crippen molar-refractivity contribution in [2.24, 2.45) is 5.41 Å². The van der Waals surface area contributed by atoms with Crippen molar-refractivity contribution < 1.29 is 18.7 Å². The number of Topliss-reactive ketones (excluding diaryl/α,β-unsaturated/α-hetero) is 1. The number of hydrogen-bond acceptors (Lipinski definition) is 7. The van der Waals surface area contributed by atoms with Gasteiger partial charge in [0.25, 0.3) is 0 Å². The van der Waals surface area contributed by atoms with Crippen LogP contribution in [-0.2, 0) is 11.4 Å². The summed E-state index contributed by atoms with van der Waals surface area (Å²) < 4.78 is 27.8. The minimum absolute atomic E-state index is 0.0765. The Bertz CT molecular complexity index is 1370. The van der Waals surface area contributed by atoms with Gasteiger partial charge in [0, 0.05) is 23.3 Å². The van der Waals surface area contributed by atoms with E-state index in [0.29, 0.717) is 46.8 Å². The summed E-state index contributed by atoms with van der Waals surface area (Å²) in [5.74, 6) is 2.30. The summed E-state index contributed by atoms with van der Waals surface area (Å²) in [5, 5.41) is 8.81. The van der Waals surface area contributed by atoms with Crippen LogP contribution in [0, 0.1) is 11.2 Å². The van der Waals surface area contributed by atoms with Crippen molar-refractivity contribution in [1.82, 2.24) is 14.8 Å². The largest absolute Gasteiger partial charge is 0.490 e. The molecule has 0 fully saturated rings. The number of rotatable bonds is 8. The topological polar surface area (TPSA) is 78.3 Å². The number of anilines is 1. The third-order valence-electron chi connectivity index (χ3n) is 6.51. The van der Waals surface area contributed by atoms with Crippen molar-refractivity contribution in [3.05, 3.63) is 70.7 Å². The van der Waals surface area contributed by atoms with Crippen LogP contribution in [0.5, 0.6) is 11.5 Å². The standard InChI is InChI=1S/C28H31FN4O3S/c1-5-35-23-13-17(11-12-22(23)36-16-18-9-7-8-10-19(18)29)25-24-20(14-28(3,4)15-21(24)34)30-26-31-27(37-6-2)32-33(25)26/h7-13,25H,5-6,14-16H2,1-4H3,(H,30,31,32). The third-order valence-corrected chi connectivity index (χ3v) is 7.23. The second kappa shape index (κ2) is 10.2. The molecule has 7 nitrogen and oxygen atoms in total. The van der Waals surface area contributed by atoms with E-state index in [4.69, 9.17) is 19.6 Å². The second-order valence-corrected chi connectivity index (χ2v) is 11.2. The zero-order chi connectivity index (χ0) is 26.2. The molecular weight excluding hydrogens is 491 g/mol. The number of nitrogens with one attached hydrogen (secondary N) is 1. The van der Waals surface area contributed by atoms with Gasteiger partial charge in [0.2, 0.25) is 11.1 Å². The Morgan fingerprint density at radius 2 is 1.95 bits per heavy atom. The predicted molar refractivity (Wildman–Crippen MR) is 142 cm³/mol. The number of allylic oxidation sites excluding steroid dienone is 2. The monoisotopic (exact) mass is 522 g/mol. The van der Waals surface area contributed by atoms with Crippen molar-refractivity contribution in [2.45, 2.75) is 58.3 Å². The van der Waals surface area contributed by atoms with E-state index in [2.05, 4.69) is 26.1 Å². The molecule has 2 aliphatic rings. The molecule has 0 saturated heterocycles. The fourth-order valence-electron chi connectivity index (χ4n) is 4.94. The highest BCUT2D eigenvalue weighted by Crippen LogP contribution is 2.46. The van der Waals surface area contributed by atoms with Crippen LogP contribution in [-0.4, -0.2) is 32.9 Å². The number of ketones is 1. The van der Waals surface area contributed by atoms with E-state index in [1.807, 2.05) is 25.1 Å². The Hall–Kier alpha value is -3.33. The zero-order valence-corrected chi connectivity index (χ0v) is 22.3. The minimum atomic E-state index is -0.437. The summed E-state index contributed by atoms with van der Waals surface area (Å²) in [6.07, 6.45) is 1.21. The lowest BCUT2D eigenvalue weighted by atomic mass is 9.73. The van der Waals surface area contributed by atoms with Gasteiger partial charge < -0.3 is 14.8 Å². The number of carbonyl (C=O) groups is 1. The molecule has 1 atom stereocenters. The summed E-state index contributed by atoms with van der Waals surface area (Å²) in [7, 11) is 0. The number of halogens is 1. The SMILES string of the molecule is CCOc1cc(C2C3=C(CC(C)(C)CC3=O)Nc3nc(SCC)nn32)ccc1OCc1ccccc1F. The molecule has 1 aromatic heterocycles. The van der Waals surface area contributed by atoms with Crippen molar-refractivity contribution in [3.8, 4) is 11.5 Å². The first-order valence-electron chi connectivity index (χ1n) is 12.5. The first-order valence-corrected chi connectivity index (χ1v) is 13.5. The van der Waals surface area contributed by atoms with Gasteiger partial charge in [0.15, 0.2) is 17.3 Å². The van der Waals surface area contributed by atoms with E-state index in [-0.39, 0.29) is 23.6 Å². The average Bonchev–Trinajstić information content (AvgIpc) is 3.24. The Morgan fingerprint density at radius 1 is 1.14 bits per heavy atom.